The Morgan fingerprint density at radius 3 is 2.46 bits per heavy atom. The molecule has 0 radical (unpaired) electrons. The standard InChI is InChI=1S/C17H20N2O4S/c20-17(18-14-5-2-1-3-6-14)19-10-8-16(9-11-19)24(21,22)13-15-7-4-12-23-15/h1-7,12,16H,8-11,13H2,(H,18,20). The Morgan fingerprint density at radius 1 is 1.12 bits per heavy atom. The highest BCUT2D eigenvalue weighted by molar-refractivity contribution is 7.91. The van der Waals surface area contributed by atoms with Gasteiger partial charge in [-0.3, -0.25) is 0 Å². The highest BCUT2D eigenvalue weighted by Crippen LogP contribution is 2.22. The van der Waals surface area contributed by atoms with Gasteiger partial charge in [-0.1, -0.05) is 18.2 Å². The SMILES string of the molecule is O=C(Nc1ccccc1)N1CCC(S(=O)(=O)Cc2ccco2)CC1. The lowest BCUT2D eigenvalue weighted by Gasteiger charge is -2.31. The second kappa shape index (κ2) is 7.09. The average molecular weight is 348 g/mol. The van der Waals surface area contributed by atoms with Crippen molar-refractivity contribution < 1.29 is 17.6 Å². The molecule has 0 spiro atoms. The number of benzene rings is 1. The third kappa shape index (κ3) is 3.97. The Morgan fingerprint density at radius 2 is 1.83 bits per heavy atom. The monoisotopic (exact) mass is 348 g/mol. The smallest absolute Gasteiger partial charge is 0.321 e. The molecule has 2 heterocycles. The minimum Gasteiger partial charge on any atom is -0.468 e. The fraction of sp³-hybridized carbons (Fsp3) is 0.353. The minimum absolute atomic E-state index is 0.0825. The molecule has 128 valence electrons. The quantitative estimate of drug-likeness (QED) is 0.921. The van der Waals surface area contributed by atoms with Crippen molar-refractivity contribution in [3.05, 3.63) is 54.5 Å². The number of hydrogen-bond donors (Lipinski definition) is 1. The van der Waals surface area contributed by atoms with Crippen molar-refractivity contribution in [1.82, 2.24) is 4.90 Å². The van der Waals surface area contributed by atoms with Crippen LogP contribution in [0.5, 0.6) is 0 Å². The lowest BCUT2D eigenvalue weighted by molar-refractivity contribution is 0.200. The van der Waals surface area contributed by atoms with Crippen LogP contribution in [0.3, 0.4) is 0 Å². The lowest BCUT2D eigenvalue weighted by Crippen LogP contribution is -2.44. The number of amides is 2. The zero-order valence-corrected chi connectivity index (χ0v) is 14.0. The molecule has 1 aliphatic heterocycles. The van der Waals surface area contributed by atoms with Crippen LogP contribution >= 0.6 is 0 Å². The number of furan rings is 1. The van der Waals surface area contributed by atoms with E-state index < -0.39 is 15.1 Å². The van der Waals surface area contributed by atoms with Crippen LogP contribution < -0.4 is 5.32 Å². The van der Waals surface area contributed by atoms with Gasteiger partial charge in [-0.25, -0.2) is 13.2 Å². The van der Waals surface area contributed by atoms with E-state index in [-0.39, 0.29) is 11.8 Å². The number of nitrogens with one attached hydrogen (secondary N) is 1. The maximum absolute atomic E-state index is 12.4. The summed E-state index contributed by atoms with van der Waals surface area (Å²) in [5.74, 6) is 0.375. The highest BCUT2D eigenvalue weighted by Gasteiger charge is 2.32. The molecule has 0 unspecified atom stereocenters. The number of carbonyl (C=O) groups is 1. The summed E-state index contributed by atoms with van der Waals surface area (Å²) in [5, 5.41) is 2.40. The van der Waals surface area contributed by atoms with Gasteiger partial charge in [0.2, 0.25) is 0 Å². The van der Waals surface area contributed by atoms with Crippen molar-refractivity contribution in [2.45, 2.75) is 23.8 Å². The summed E-state index contributed by atoms with van der Waals surface area (Å²) in [6.07, 6.45) is 2.37. The second-order valence-corrected chi connectivity index (χ2v) is 8.15. The number of para-hydroxylation sites is 1. The zero-order valence-electron chi connectivity index (χ0n) is 13.2. The molecule has 7 heteroatoms. The van der Waals surface area contributed by atoms with Crippen molar-refractivity contribution in [3.63, 3.8) is 0 Å². The third-order valence-electron chi connectivity index (χ3n) is 4.19. The molecule has 2 aromatic rings. The van der Waals surface area contributed by atoms with Crippen molar-refractivity contribution in [2.24, 2.45) is 0 Å². The first kappa shape index (κ1) is 16.6. The summed E-state index contributed by atoms with van der Waals surface area (Å²) in [5.41, 5.74) is 0.732. The Hall–Kier alpha value is -2.28. The van der Waals surface area contributed by atoms with Crippen LogP contribution in [0.1, 0.15) is 18.6 Å². The number of nitrogens with zero attached hydrogens (tertiary/aromatic N) is 1. The summed E-state index contributed by atoms with van der Waals surface area (Å²) in [7, 11) is -3.27. The molecule has 1 aromatic carbocycles. The van der Waals surface area contributed by atoms with Gasteiger partial charge in [0.15, 0.2) is 9.84 Å². The minimum atomic E-state index is -3.27. The molecule has 24 heavy (non-hydrogen) atoms. The average Bonchev–Trinajstić information content (AvgIpc) is 3.08. The molecule has 1 N–H and O–H groups in total. The van der Waals surface area contributed by atoms with Crippen molar-refractivity contribution in [2.75, 3.05) is 18.4 Å². The van der Waals surface area contributed by atoms with Gasteiger partial charge in [-0.05, 0) is 37.1 Å². The van der Waals surface area contributed by atoms with Gasteiger partial charge in [0.1, 0.15) is 11.5 Å². The Balaban J connectivity index is 1.54. The molecule has 0 saturated carbocycles. The van der Waals surface area contributed by atoms with Gasteiger partial charge in [0.25, 0.3) is 0 Å². The van der Waals surface area contributed by atoms with Crippen molar-refractivity contribution in [1.29, 1.82) is 0 Å². The molecule has 1 saturated heterocycles. The van der Waals surface area contributed by atoms with Crippen LogP contribution in [0.15, 0.2) is 53.1 Å². The predicted molar refractivity (Wildman–Crippen MR) is 91.4 cm³/mol. The van der Waals surface area contributed by atoms with E-state index >= 15 is 0 Å². The Kier molecular flexibility index (Phi) is 4.89. The molecular weight excluding hydrogens is 328 g/mol. The first-order valence-electron chi connectivity index (χ1n) is 7.89. The molecule has 0 bridgehead atoms. The summed E-state index contributed by atoms with van der Waals surface area (Å²) < 4.78 is 30.0. The largest absolute Gasteiger partial charge is 0.468 e. The fourth-order valence-corrected chi connectivity index (χ4v) is 4.58. The van der Waals surface area contributed by atoms with Gasteiger partial charge in [-0.2, -0.15) is 0 Å². The van der Waals surface area contributed by atoms with E-state index in [9.17, 15) is 13.2 Å². The molecule has 6 nitrogen and oxygen atoms in total. The van der Waals surface area contributed by atoms with E-state index in [1.165, 1.54) is 6.26 Å². The van der Waals surface area contributed by atoms with E-state index in [2.05, 4.69) is 5.32 Å². The van der Waals surface area contributed by atoms with Crippen LogP contribution in [0.4, 0.5) is 10.5 Å². The first-order valence-corrected chi connectivity index (χ1v) is 9.61. The number of carbonyl (C=O) groups excluding carboxylic acids is 1. The Labute approximate surface area is 141 Å². The van der Waals surface area contributed by atoms with E-state index in [1.807, 2.05) is 30.3 Å². The number of hydrogen-bond acceptors (Lipinski definition) is 4. The molecule has 1 fully saturated rings. The van der Waals surface area contributed by atoms with Gasteiger partial charge in [0, 0.05) is 18.8 Å². The summed E-state index contributed by atoms with van der Waals surface area (Å²) in [4.78, 5) is 13.9. The summed E-state index contributed by atoms with van der Waals surface area (Å²) in [6, 6.07) is 12.4. The number of rotatable bonds is 4. The van der Waals surface area contributed by atoms with Crippen LogP contribution in [0, 0.1) is 0 Å². The number of sulfone groups is 1. The number of piperidine rings is 1. The molecule has 3 rings (SSSR count). The number of likely N-dealkylation sites (tertiary alicyclic amines) is 1. The first-order chi connectivity index (χ1) is 11.5. The molecule has 0 atom stereocenters. The molecular formula is C17H20N2O4S. The van der Waals surface area contributed by atoms with Crippen LogP contribution in [0.2, 0.25) is 0 Å². The lowest BCUT2D eigenvalue weighted by atomic mass is 10.1. The zero-order chi connectivity index (χ0) is 17.0. The van der Waals surface area contributed by atoms with Crippen LogP contribution in [-0.4, -0.2) is 37.7 Å². The second-order valence-electron chi connectivity index (χ2n) is 5.87. The topological polar surface area (TPSA) is 79.6 Å². The fourth-order valence-electron chi connectivity index (χ4n) is 2.85. The van der Waals surface area contributed by atoms with Gasteiger partial charge in [0.05, 0.1) is 11.5 Å². The number of urea groups is 1. The van der Waals surface area contributed by atoms with Crippen LogP contribution in [0.25, 0.3) is 0 Å². The third-order valence-corrected chi connectivity index (χ3v) is 6.36. The van der Waals surface area contributed by atoms with Crippen molar-refractivity contribution >= 4 is 21.6 Å². The van der Waals surface area contributed by atoms with E-state index in [1.54, 1.807) is 17.0 Å². The van der Waals surface area contributed by atoms with Crippen LogP contribution in [-0.2, 0) is 15.6 Å². The van der Waals surface area contributed by atoms with E-state index in [4.69, 9.17) is 4.42 Å². The molecule has 0 aliphatic carbocycles. The van der Waals surface area contributed by atoms with Crippen molar-refractivity contribution in [3.8, 4) is 0 Å². The maximum atomic E-state index is 12.4. The summed E-state index contributed by atoms with van der Waals surface area (Å²) >= 11 is 0. The summed E-state index contributed by atoms with van der Waals surface area (Å²) in [6.45, 7) is 0.863. The van der Waals surface area contributed by atoms with Gasteiger partial charge < -0.3 is 14.6 Å². The maximum Gasteiger partial charge on any atom is 0.321 e. The normalized spacial score (nSPS) is 16.1. The molecule has 2 amide bonds. The highest BCUT2D eigenvalue weighted by atomic mass is 32.2. The van der Waals surface area contributed by atoms with Gasteiger partial charge >= 0.3 is 6.03 Å². The van der Waals surface area contributed by atoms with E-state index in [0.29, 0.717) is 31.7 Å². The molecule has 1 aromatic heterocycles. The predicted octanol–water partition coefficient (Wildman–Crippen LogP) is 2.89. The van der Waals surface area contributed by atoms with Gasteiger partial charge in [-0.15, -0.1) is 0 Å². The molecule has 1 aliphatic rings. The van der Waals surface area contributed by atoms with E-state index in [0.717, 1.165) is 5.69 Å². The Bertz CT molecular complexity index is 764. The number of anilines is 1.